The molecule has 2 N–H and O–H groups in total. The summed E-state index contributed by atoms with van der Waals surface area (Å²) in [7, 11) is 1.29. The van der Waals surface area contributed by atoms with Crippen molar-refractivity contribution < 1.29 is 19.2 Å². The van der Waals surface area contributed by atoms with Gasteiger partial charge in [-0.05, 0) is 81.6 Å². The lowest BCUT2D eigenvalue weighted by atomic mass is 9.68. The minimum atomic E-state index is -0.740. The summed E-state index contributed by atoms with van der Waals surface area (Å²) in [5.41, 5.74) is 4.89. The molecule has 0 saturated carbocycles. The van der Waals surface area contributed by atoms with Crippen LogP contribution in [0.1, 0.15) is 55.7 Å². The number of rotatable bonds is 10. The first kappa shape index (κ1) is 32.9. The Bertz CT molecular complexity index is 1640. The molecule has 3 aromatic rings. The Hall–Kier alpha value is -4.47. The normalized spacial score (nSPS) is 18.1. The van der Waals surface area contributed by atoms with Gasteiger partial charge in [0.15, 0.2) is 0 Å². The molecule has 10 heteroatoms. The number of nitro benzene ring substituents is 1. The molecule has 0 radical (unpaired) electrons. The number of non-ortho nitro benzene ring substituents is 1. The molecule has 0 spiro atoms. The fourth-order valence-corrected chi connectivity index (χ4v) is 6.95. The van der Waals surface area contributed by atoms with E-state index in [1.54, 1.807) is 26.0 Å². The summed E-state index contributed by atoms with van der Waals surface area (Å²) in [5.74, 6) is -1.61. The first-order valence-electron chi connectivity index (χ1n) is 15.5. The number of nitro groups is 1. The Morgan fingerprint density at radius 1 is 0.957 bits per heavy atom. The van der Waals surface area contributed by atoms with Gasteiger partial charge in [-0.2, -0.15) is 0 Å². The third-order valence-corrected chi connectivity index (χ3v) is 9.47. The number of carbonyl (C=O) groups excluding carboxylic acids is 2. The Kier molecular flexibility index (Phi) is 10.2. The van der Waals surface area contributed by atoms with Crippen LogP contribution in [0.5, 0.6) is 0 Å². The van der Waals surface area contributed by atoms with Gasteiger partial charge in [0.05, 0.1) is 23.5 Å². The van der Waals surface area contributed by atoms with Gasteiger partial charge >= 0.3 is 5.97 Å². The van der Waals surface area contributed by atoms with Crippen LogP contribution in [0, 0.1) is 10.1 Å². The monoisotopic (exact) mass is 642 g/mol. The second kappa shape index (κ2) is 14.3. The third kappa shape index (κ3) is 6.85. The van der Waals surface area contributed by atoms with Crippen LogP contribution in [-0.2, 0) is 19.7 Å². The van der Waals surface area contributed by atoms with E-state index in [1.165, 1.54) is 30.4 Å². The van der Waals surface area contributed by atoms with Gasteiger partial charge in [-0.15, -0.1) is 0 Å². The minimum absolute atomic E-state index is 0.0726. The molecule has 1 fully saturated rings. The fourth-order valence-electron chi connectivity index (χ4n) is 6.83. The van der Waals surface area contributed by atoms with Crippen LogP contribution in [0.3, 0.4) is 0 Å². The first-order chi connectivity index (χ1) is 22.1. The van der Waals surface area contributed by atoms with Crippen LogP contribution >= 0.6 is 11.6 Å². The topological polar surface area (TPSA) is 114 Å². The zero-order valence-corrected chi connectivity index (χ0v) is 27.1. The van der Waals surface area contributed by atoms with Crippen molar-refractivity contribution in [1.82, 2.24) is 15.5 Å². The van der Waals surface area contributed by atoms with Crippen molar-refractivity contribution in [2.45, 2.75) is 44.4 Å². The number of methoxy groups -OCH3 is 1. The smallest absolute Gasteiger partial charge is 0.336 e. The van der Waals surface area contributed by atoms with E-state index in [4.69, 9.17) is 16.3 Å². The number of benzene rings is 3. The Morgan fingerprint density at radius 3 is 2.17 bits per heavy atom. The van der Waals surface area contributed by atoms with Gasteiger partial charge in [0.2, 0.25) is 5.91 Å². The van der Waals surface area contributed by atoms with E-state index in [-0.39, 0.29) is 17.0 Å². The molecule has 46 heavy (non-hydrogen) atoms. The van der Waals surface area contributed by atoms with E-state index < -0.39 is 16.8 Å². The lowest BCUT2D eigenvalue weighted by Crippen LogP contribution is -2.44. The number of amides is 1. The number of hydrogen-bond acceptors (Lipinski definition) is 7. The van der Waals surface area contributed by atoms with E-state index in [9.17, 15) is 19.7 Å². The fraction of sp³-hybridized carbons (Fsp3) is 0.333. The molecule has 0 aliphatic carbocycles. The maximum atomic E-state index is 13.7. The van der Waals surface area contributed by atoms with Crippen LogP contribution < -0.4 is 10.6 Å². The summed E-state index contributed by atoms with van der Waals surface area (Å²) in [5, 5.41) is 18.2. The SMILES string of the molecule is COC(=O)C1=C(C)NC(C)=C(C(=O)NCCCN2CCC(c3ccccc3)(c3ccc(Cl)cc3)CC2)C1c1ccc([N+](=O)[O-])cc1. The number of carbonyl (C=O) groups is 2. The van der Waals surface area contributed by atoms with Gasteiger partial charge in [-0.3, -0.25) is 14.9 Å². The highest BCUT2D eigenvalue weighted by atomic mass is 35.5. The molecule has 1 saturated heterocycles. The maximum Gasteiger partial charge on any atom is 0.336 e. The van der Waals surface area contributed by atoms with Crippen molar-refractivity contribution >= 4 is 29.2 Å². The summed E-state index contributed by atoms with van der Waals surface area (Å²) in [6.45, 7) is 6.68. The maximum absolute atomic E-state index is 13.7. The Balaban J connectivity index is 1.24. The predicted molar refractivity (Wildman–Crippen MR) is 178 cm³/mol. The first-order valence-corrected chi connectivity index (χ1v) is 15.9. The molecule has 3 aromatic carbocycles. The van der Waals surface area contributed by atoms with Crippen molar-refractivity contribution in [2.75, 3.05) is 33.3 Å². The summed E-state index contributed by atoms with van der Waals surface area (Å²) in [4.78, 5) is 39.8. The van der Waals surface area contributed by atoms with Gasteiger partial charge < -0.3 is 20.3 Å². The predicted octanol–water partition coefficient (Wildman–Crippen LogP) is 6.24. The number of dihydropyridines is 1. The summed E-state index contributed by atoms with van der Waals surface area (Å²) < 4.78 is 5.07. The number of allylic oxidation sites excluding steroid dienone is 2. The average Bonchev–Trinajstić information content (AvgIpc) is 3.07. The number of nitrogens with one attached hydrogen (secondary N) is 2. The zero-order valence-electron chi connectivity index (χ0n) is 26.3. The van der Waals surface area contributed by atoms with Crippen molar-refractivity contribution in [3.8, 4) is 0 Å². The molecule has 5 rings (SSSR count). The van der Waals surface area contributed by atoms with Crippen LogP contribution in [0.15, 0.2) is 101 Å². The second-order valence-electron chi connectivity index (χ2n) is 11.9. The molecule has 1 atom stereocenters. The van der Waals surface area contributed by atoms with Crippen LogP contribution in [0.2, 0.25) is 5.02 Å². The lowest BCUT2D eigenvalue weighted by molar-refractivity contribution is -0.384. The van der Waals surface area contributed by atoms with Crippen molar-refractivity contribution in [1.29, 1.82) is 0 Å². The zero-order chi connectivity index (χ0) is 32.8. The molecule has 1 amide bonds. The Morgan fingerprint density at radius 2 is 1.57 bits per heavy atom. The summed E-state index contributed by atoms with van der Waals surface area (Å²) in [6.07, 6.45) is 2.70. The van der Waals surface area contributed by atoms with Gasteiger partial charge in [0, 0.05) is 46.1 Å². The number of ether oxygens (including phenoxy) is 1. The summed E-state index contributed by atoms with van der Waals surface area (Å²) >= 11 is 6.22. The van der Waals surface area contributed by atoms with Gasteiger partial charge in [-0.1, -0.05) is 66.2 Å². The van der Waals surface area contributed by atoms with E-state index in [0.29, 0.717) is 34.6 Å². The van der Waals surface area contributed by atoms with Crippen LogP contribution in [-0.4, -0.2) is 55.0 Å². The molecule has 0 bridgehead atoms. The molecule has 1 unspecified atom stereocenters. The van der Waals surface area contributed by atoms with Crippen molar-refractivity contribution in [3.63, 3.8) is 0 Å². The number of likely N-dealkylation sites (tertiary alicyclic amines) is 1. The number of esters is 1. The molecule has 2 aliphatic rings. The quantitative estimate of drug-likeness (QED) is 0.116. The number of nitrogens with zero attached hydrogens (tertiary/aromatic N) is 2. The van der Waals surface area contributed by atoms with Crippen molar-refractivity contribution in [3.05, 3.63) is 133 Å². The third-order valence-electron chi connectivity index (χ3n) is 9.22. The highest BCUT2D eigenvalue weighted by Gasteiger charge is 2.39. The van der Waals surface area contributed by atoms with Gasteiger partial charge in [0.25, 0.3) is 5.69 Å². The van der Waals surface area contributed by atoms with Gasteiger partial charge in [0.1, 0.15) is 0 Å². The molecule has 2 heterocycles. The molecule has 0 aromatic heterocycles. The molecule has 2 aliphatic heterocycles. The number of piperidine rings is 1. The van der Waals surface area contributed by atoms with E-state index >= 15 is 0 Å². The lowest BCUT2D eigenvalue weighted by Gasteiger charge is -2.43. The van der Waals surface area contributed by atoms with Crippen LogP contribution in [0.4, 0.5) is 5.69 Å². The highest BCUT2D eigenvalue weighted by Crippen LogP contribution is 2.42. The average molecular weight is 643 g/mol. The molecule has 240 valence electrons. The number of hydrogen-bond donors (Lipinski definition) is 2. The number of halogens is 1. The van der Waals surface area contributed by atoms with E-state index in [0.717, 1.165) is 43.9 Å². The second-order valence-corrected chi connectivity index (χ2v) is 12.3. The molecular formula is C36H39ClN4O5. The largest absolute Gasteiger partial charge is 0.466 e. The van der Waals surface area contributed by atoms with Crippen molar-refractivity contribution in [2.24, 2.45) is 0 Å². The van der Waals surface area contributed by atoms with Gasteiger partial charge in [-0.25, -0.2) is 4.79 Å². The van der Waals surface area contributed by atoms with E-state index in [1.807, 2.05) is 18.2 Å². The van der Waals surface area contributed by atoms with E-state index in [2.05, 4.69) is 51.9 Å². The molecule has 9 nitrogen and oxygen atoms in total. The standard InChI is InChI=1S/C36H39ClN4O5/c1-24-31(33(32(25(2)39-24)35(43)46-3)26-10-16-30(17-11-26)41(44)45)34(42)38-20-7-21-40-22-18-36(19-23-40,27-8-5-4-6-9-27)28-12-14-29(37)15-13-28/h4-6,8-17,33,39H,7,18-23H2,1-3H3,(H,38,42). The van der Waals surface area contributed by atoms with Crippen LogP contribution in [0.25, 0.3) is 0 Å². The minimum Gasteiger partial charge on any atom is -0.466 e. The Labute approximate surface area is 274 Å². The molecular weight excluding hydrogens is 604 g/mol. The highest BCUT2D eigenvalue weighted by molar-refractivity contribution is 6.30. The summed E-state index contributed by atoms with van der Waals surface area (Å²) in [6, 6.07) is 24.8.